The van der Waals surface area contributed by atoms with Crippen LogP contribution in [0.2, 0.25) is 0 Å². The van der Waals surface area contributed by atoms with Crippen LogP contribution in [-0.2, 0) is 16.2 Å². The fourth-order valence-electron chi connectivity index (χ4n) is 15.5. The van der Waals surface area contributed by atoms with Crippen molar-refractivity contribution >= 4 is 0 Å². The Morgan fingerprint density at radius 2 is 0.881 bits per heavy atom. The molecule has 5 aliphatic rings. The van der Waals surface area contributed by atoms with E-state index < -0.39 is 5.41 Å². The molecule has 67 heavy (non-hydrogen) atoms. The molecule has 0 N–H and O–H groups in total. The van der Waals surface area contributed by atoms with Crippen LogP contribution in [0.5, 0.6) is 0 Å². The number of fused-ring (bicyclic) bond motifs is 7. The highest BCUT2D eigenvalue weighted by atomic mass is 15.0. The van der Waals surface area contributed by atoms with E-state index in [1.807, 2.05) is 12.1 Å². The summed E-state index contributed by atoms with van der Waals surface area (Å²) in [5, 5.41) is 10.1. The molecule has 12 rings (SSSR count). The van der Waals surface area contributed by atoms with E-state index in [2.05, 4.69) is 167 Å². The van der Waals surface area contributed by atoms with Crippen LogP contribution in [0.15, 0.2) is 146 Å². The normalized spacial score (nSPS) is 29.4. The van der Waals surface area contributed by atoms with E-state index >= 15 is 0 Å². The highest BCUT2D eigenvalue weighted by molar-refractivity contribution is 5.88. The van der Waals surface area contributed by atoms with Crippen molar-refractivity contribution in [1.29, 1.82) is 5.26 Å². The molecule has 0 amide bonds. The largest absolute Gasteiger partial charge is 0.208 e. The van der Waals surface area contributed by atoms with Gasteiger partial charge >= 0.3 is 0 Å². The van der Waals surface area contributed by atoms with Crippen molar-refractivity contribution in [3.8, 4) is 51.4 Å². The molecule has 0 saturated heterocycles. The highest BCUT2D eigenvalue weighted by Crippen LogP contribution is 2.58. The van der Waals surface area contributed by atoms with Gasteiger partial charge in [-0.05, 0) is 173 Å². The van der Waals surface area contributed by atoms with Gasteiger partial charge in [0.1, 0.15) is 0 Å². The van der Waals surface area contributed by atoms with Crippen LogP contribution >= 0.6 is 0 Å². The average molecular weight is 875 g/mol. The van der Waals surface area contributed by atoms with Crippen LogP contribution in [0.4, 0.5) is 0 Å². The summed E-state index contributed by atoms with van der Waals surface area (Å²) in [5.41, 5.74) is 13.5. The van der Waals surface area contributed by atoms with Gasteiger partial charge in [-0.15, -0.1) is 0 Å². The van der Waals surface area contributed by atoms with Crippen LogP contribution in [0.1, 0.15) is 131 Å². The lowest BCUT2D eigenvalue weighted by atomic mass is 9.54. The van der Waals surface area contributed by atoms with E-state index in [9.17, 15) is 5.26 Å². The predicted octanol–water partition coefficient (Wildman–Crippen LogP) is 15.3. The number of benzene rings is 6. The van der Waals surface area contributed by atoms with Crippen LogP contribution in [0.25, 0.3) is 45.3 Å². The molecule has 1 heterocycles. The zero-order chi connectivity index (χ0) is 45.5. The SMILES string of the molecule is C[C@@H]1CC2C[C@H](C)CC(c3ccc(-c4nc(-c5ccc(C67CC(C[C@@H](C)C6)C[C@H](C)C7)cc5)nc(-c5ccc6c(c5)-c5ccccc5C6(c5ccccc5)c5cccc(C#N)c5)n4)cc3)(C2)C1. The summed E-state index contributed by atoms with van der Waals surface area (Å²) >= 11 is 0. The monoisotopic (exact) mass is 874 g/mol. The van der Waals surface area contributed by atoms with Gasteiger partial charge in [-0.1, -0.05) is 155 Å². The smallest absolute Gasteiger partial charge is 0.164 e. The molecule has 4 heteroatoms. The van der Waals surface area contributed by atoms with Crippen molar-refractivity contribution in [3.63, 3.8) is 0 Å². The molecule has 4 fully saturated rings. The molecule has 9 atom stereocenters. The molecule has 7 aromatic rings. The van der Waals surface area contributed by atoms with Gasteiger partial charge in [0.25, 0.3) is 0 Å². The van der Waals surface area contributed by atoms with Crippen LogP contribution in [0, 0.1) is 46.8 Å². The first-order valence-electron chi connectivity index (χ1n) is 25.4. The molecular formula is C63H62N4. The molecule has 4 saturated carbocycles. The second-order valence-electron chi connectivity index (χ2n) is 22.5. The van der Waals surface area contributed by atoms with E-state index in [-0.39, 0.29) is 10.8 Å². The zero-order valence-electron chi connectivity index (χ0n) is 39.7. The molecule has 0 spiro atoms. The van der Waals surface area contributed by atoms with E-state index in [0.717, 1.165) is 63.3 Å². The molecule has 4 bridgehead atoms. The maximum atomic E-state index is 10.1. The minimum Gasteiger partial charge on any atom is -0.208 e. The summed E-state index contributed by atoms with van der Waals surface area (Å²) in [7, 11) is 0. The highest BCUT2D eigenvalue weighted by Gasteiger charge is 2.48. The Kier molecular flexibility index (Phi) is 10.2. The van der Waals surface area contributed by atoms with Gasteiger partial charge in [-0.2, -0.15) is 5.26 Å². The van der Waals surface area contributed by atoms with Gasteiger partial charge in [-0.3, -0.25) is 0 Å². The molecule has 1 aromatic heterocycles. The van der Waals surface area contributed by atoms with Crippen molar-refractivity contribution in [3.05, 3.63) is 185 Å². The van der Waals surface area contributed by atoms with Gasteiger partial charge in [0.15, 0.2) is 17.5 Å². The van der Waals surface area contributed by atoms with Gasteiger partial charge < -0.3 is 0 Å². The number of aromatic nitrogens is 3. The van der Waals surface area contributed by atoms with Crippen molar-refractivity contribution in [1.82, 2.24) is 15.0 Å². The number of nitriles is 1. The van der Waals surface area contributed by atoms with Crippen LogP contribution in [-0.4, -0.2) is 15.0 Å². The van der Waals surface area contributed by atoms with Crippen molar-refractivity contribution < 1.29 is 0 Å². The molecule has 5 unspecified atom stereocenters. The third-order valence-electron chi connectivity index (χ3n) is 17.3. The van der Waals surface area contributed by atoms with Crippen molar-refractivity contribution in [2.75, 3.05) is 0 Å². The van der Waals surface area contributed by atoms with Crippen molar-refractivity contribution in [2.45, 2.75) is 108 Å². The molecular weight excluding hydrogens is 813 g/mol. The first-order valence-corrected chi connectivity index (χ1v) is 25.4. The van der Waals surface area contributed by atoms with Gasteiger partial charge in [-0.25, -0.2) is 15.0 Å². The lowest BCUT2D eigenvalue weighted by Gasteiger charge is -2.50. The van der Waals surface area contributed by atoms with E-state index in [1.54, 1.807) is 0 Å². The lowest BCUT2D eigenvalue weighted by molar-refractivity contribution is 0.0779. The summed E-state index contributed by atoms with van der Waals surface area (Å²) in [6.07, 6.45) is 13.2. The Morgan fingerprint density at radius 3 is 1.42 bits per heavy atom. The average Bonchev–Trinajstić information content (AvgIpc) is 3.64. The van der Waals surface area contributed by atoms with Gasteiger partial charge in [0, 0.05) is 16.7 Å². The Bertz CT molecular complexity index is 2890. The van der Waals surface area contributed by atoms with Crippen LogP contribution in [0.3, 0.4) is 0 Å². The minimum absolute atomic E-state index is 0.257. The number of hydrogen-bond acceptors (Lipinski definition) is 4. The maximum Gasteiger partial charge on any atom is 0.164 e. The summed E-state index contributed by atoms with van der Waals surface area (Å²) in [5.74, 6) is 6.78. The van der Waals surface area contributed by atoms with Gasteiger partial charge in [0.05, 0.1) is 17.0 Å². The first-order chi connectivity index (χ1) is 32.6. The number of nitrogens with zero attached hydrogens (tertiary/aromatic N) is 4. The third-order valence-corrected chi connectivity index (χ3v) is 17.3. The quantitative estimate of drug-likeness (QED) is 0.160. The van der Waals surface area contributed by atoms with Crippen LogP contribution < -0.4 is 0 Å². The molecule has 334 valence electrons. The van der Waals surface area contributed by atoms with E-state index in [4.69, 9.17) is 15.0 Å². The Labute approximate surface area is 398 Å². The van der Waals surface area contributed by atoms with Crippen molar-refractivity contribution in [2.24, 2.45) is 35.5 Å². The maximum absolute atomic E-state index is 10.1. The topological polar surface area (TPSA) is 62.5 Å². The van der Waals surface area contributed by atoms with E-state index in [1.165, 1.54) is 97.6 Å². The molecule has 5 aliphatic carbocycles. The van der Waals surface area contributed by atoms with E-state index in [0.29, 0.717) is 23.0 Å². The Morgan fingerprint density at radius 1 is 0.418 bits per heavy atom. The second kappa shape index (κ2) is 16.3. The molecule has 6 aromatic carbocycles. The summed E-state index contributed by atoms with van der Waals surface area (Å²) in [6.45, 7) is 9.88. The summed E-state index contributed by atoms with van der Waals surface area (Å²) in [4.78, 5) is 16.1. The standard InChI is InChI=1S/C63H62N4/c1-40-27-45-28-41(2)34-61(33-40,37-45)50-22-17-47(18-23-50)58-65-59(48-19-24-51(25-20-48)62-35-42(3)29-46(38-62)30-43(4)36-62)67-60(66-58)49-21-26-57-55(32-49)54-15-8-9-16-56(54)63(57,52-12-6-5-7-13-52)53-14-10-11-44(31-53)39-64/h5-26,31-32,40-43,45-46H,27-30,33-38H2,1-4H3/t40-,41+,42-,43+,45?,46?,61?,62?,63?. The molecule has 0 aliphatic heterocycles. The third kappa shape index (κ3) is 7.10. The predicted molar refractivity (Wildman–Crippen MR) is 271 cm³/mol. The molecule has 0 radical (unpaired) electrons. The zero-order valence-corrected chi connectivity index (χ0v) is 39.7. The first kappa shape index (κ1) is 42.2. The Balaban J connectivity index is 0.993. The summed E-state index contributed by atoms with van der Waals surface area (Å²) < 4.78 is 0. The molecule has 4 nitrogen and oxygen atoms in total. The van der Waals surface area contributed by atoms with Gasteiger partial charge in [0.2, 0.25) is 0 Å². The number of hydrogen-bond donors (Lipinski definition) is 0. The fourth-order valence-corrected chi connectivity index (χ4v) is 15.5. The fraction of sp³-hybridized carbons (Fsp3) is 0.365. The minimum atomic E-state index is -0.616. The second-order valence-corrected chi connectivity index (χ2v) is 22.5. The lowest BCUT2D eigenvalue weighted by Crippen LogP contribution is -2.42. The number of rotatable bonds is 7. The Hall–Kier alpha value is -6.18. The summed E-state index contributed by atoms with van der Waals surface area (Å²) in [6, 6.07) is 55.7.